The number of hydrogen-bond acceptors (Lipinski definition) is 4. The van der Waals surface area contributed by atoms with Crippen LogP contribution in [-0.4, -0.2) is 17.2 Å². The Balaban J connectivity index is 1.59. The van der Waals surface area contributed by atoms with Crippen LogP contribution in [0.2, 0.25) is 5.02 Å². The van der Waals surface area contributed by atoms with Crippen molar-refractivity contribution in [3.05, 3.63) is 82.8 Å². The third kappa shape index (κ3) is 5.21. The molecular formula is C20H18ClNO4S. The highest BCUT2D eigenvalue weighted by Gasteiger charge is 2.14. The molecule has 1 N–H and O–H groups in total. The summed E-state index contributed by atoms with van der Waals surface area (Å²) in [4.78, 5) is 12.9. The highest BCUT2D eigenvalue weighted by molar-refractivity contribution is 7.84. The first-order valence-electron chi connectivity index (χ1n) is 8.19. The number of ether oxygens (including phenoxy) is 1. The lowest BCUT2D eigenvalue weighted by Crippen LogP contribution is -2.22. The second-order valence-electron chi connectivity index (χ2n) is 5.75. The van der Waals surface area contributed by atoms with Crippen molar-refractivity contribution in [3.63, 3.8) is 0 Å². The molecule has 0 saturated carbocycles. The second kappa shape index (κ2) is 8.88. The van der Waals surface area contributed by atoms with E-state index < -0.39 is 10.8 Å². The zero-order valence-electron chi connectivity index (χ0n) is 14.6. The molecule has 1 heterocycles. The standard InChI is InChI=1S/C20H18ClNO4S/c1-25-16-6-2-4-14(10-16)12-22-20(23)19-9-8-17(26-19)13-27(24)18-7-3-5-15(21)11-18/h2-11H,12-13H2,1H3,(H,22,23)/t27-/m1/s1. The zero-order chi connectivity index (χ0) is 19.2. The van der Waals surface area contributed by atoms with Gasteiger partial charge in [0.25, 0.3) is 5.91 Å². The van der Waals surface area contributed by atoms with E-state index in [4.69, 9.17) is 20.8 Å². The number of methoxy groups -OCH3 is 1. The molecule has 1 atom stereocenters. The van der Waals surface area contributed by atoms with Crippen LogP contribution in [0.1, 0.15) is 21.9 Å². The Bertz CT molecular complexity index is 970. The predicted molar refractivity (Wildman–Crippen MR) is 104 cm³/mol. The molecule has 0 saturated heterocycles. The SMILES string of the molecule is COc1cccc(CNC(=O)c2ccc(C[S@@](=O)c3cccc(Cl)c3)o2)c1. The Hall–Kier alpha value is -2.57. The number of halogens is 1. The average Bonchev–Trinajstić information content (AvgIpc) is 3.15. The monoisotopic (exact) mass is 403 g/mol. The van der Waals surface area contributed by atoms with E-state index >= 15 is 0 Å². The Morgan fingerprint density at radius 2 is 1.96 bits per heavy atom. The van der Waals surface area contributed by atoms with Crippen LogP contribution in [0.5, 0.6) is 5.75 Å². The summed E-state index contributed by atoms with van der Waals surface area (Å²) in [7, 11) is 0.287. The molecule has 140 valence electrons. The molecule has 2 aromatic carbocycles. The minimum atomic E-state index is -1.31. The first-order valence-corrected chi connectivity index (χ1v) is 9.88. The van der Waals surface area contributed by atoms with Gasteiger partial charge in [0.1, 0.15) is 11.5 Å². The van der Waals surface area contributed by atoms with Gasteiger partial charge < -0.3 is 14.5 Å². The summed E-state index contributed by atoms with van der Waals surface area (Å²) >= 11 is 5.92. The molecule has 0 aliphatic heterocycles. The van der Waals surface area contributed by atoms with Gasteiger partial charge in [0.15, 0.2) is 5.76 Å². The lowest BCUT2D eigenvalue weighted by molar-refractivity contribution is 0.0921. The molecular weight excluding hydrogens is 386 g/mol. The van der Waals surface area contributed by atoms with Crippen molar-refractivity contribution in [2.24, 2.45) is 0 Å². The maximum Gasteiger partial charge on any atom is 0.287 e. The van der Waals surface area contributed by atoms with E-state index in [0.717, 1.165) is 11.3 Å². The van der Waals surface area contributed by atoms with Crippen molar-refractivity contribution in [3.8, 4) is 5.75 Å². The van der Waals surface area contributed by atoms with Crippen LogP contribution in [0.15, 0.2) is 70.0 Å². The van der Waals surface area contributed by atoms with E-state index in [1.807, 2.05) is 24.3 Å². The Morgan fingerprint density at radius 3 is 2.74 bits per heavy atom. The van der Waals surface area contributed by atoms with Crippen molar-refractivity contribution in [2.45, 2.75) is 17.2 Å². The number of rotatable bonds is 7. The second-order valence-corrected chi connectivity index (χ2v) is 7.63. The minimum Gasteiger partial charge on any atom is -0.497 e. The Kier molecular flexibility index (Phi) is 6.32. The van der Waals surface area contributed by atoms with Gasteiger partial charge >= 0.3 is 0 Å². The molecule has 3 rings (SSSR count). The Labute approximate surface area is 164 Å². The Morgan fingerprint density at radius 1 is 1.15 bits per heavy atom. The number of benzene rings is 2. The van der Waals surface area contributed by atoms with Crippen molar-refractivity contribution in [1.82, 2.24) is 5.32 Å². The lowest BCUT2D eigenvalue weighted by Gasteiger charge is -2.05. The molecule has 0 unspecified atom stereocenters. The molecule has 5 nitrogen and oxygen atoms in total. The third-order valence-electron chi connectivity index (χ3n) is 3.80. The number of furan rings is 1. The third-order valence-corrected chi connectivity index (χ3v) is 5.37. The molecule has 0 spiro atoms. The molecule has 1 aromatic heterocycles. The van der Waals surface area contributed by atoms with Crippen LogP contribution in [0, 0.1) is 0 Å². The van der Waals surface area contributed by atoms with E-state index in [0.29, 0.717) is 22.2 Å². The molecule has 0 radical (unpaired) electrons. The summed E-state index contributed by atoms with van der Waals surface area (Å²) in [6.07, 6.45) is 0. The summed E-state index contributed by atoms with van der Waals surface area (Å²) < 4.78 is 23.1. The smallest absolute Gasteiger partial charge is 0.287 e. The van der Waals surface area contributed by atoms with E-state index in [9.17, 15) is 9.00 Å². The van der Waals surface area contributed by atoms with Gasteiger partial charge in [0, 0.05) is 16.5 Å². The molecule has 7 heteroatoms. The molecule has 0 fully saturated rings. The predicted octanol–water partition coefficient (Wildman–Crippen LogP) is 4.18. The van der Waals surface area contributed by atoms with Gasteiger partial charge in [-0.3, -0.25) is 9.00 Å². The number of carbonyl (C=O) groups is 1. The normalized spacial score (nSPS) is 11.8. The highest BCUT2D eigenvalue weighted by Crippen LogP contribution is 2.18. The molecule has 3 aromatic rings. The van der Waals surface area contributed by atoms with Crippen LogP contribution >= 0.6 is 11.6 Å². The molecule has 0 aliphatic rings. The quantitative estimate of drug-likeness (QED) is 0.642. The van der Waals surface area contributed by atoms with Crippen LogP contribution in [0.3, 0.4) is 0 Å². The molecule has 1 amide bonds. The molecule has 0 aliphatic carbocycles. The maximum atomic E-state index is 12.4. The van der Waals surface area contributed by atoms with Crippen LogP contribution in [0.4, 0.5) is 0 Å². The van der Waals surface area contributed by atoms with Crippen molar-refractivity contribution in [1.29, 1.82) is 0 Å². The number of nitrogens with one attached hydrogen (secondary N) is 1. The fourth-order valence-electron chi connectivity index (χ4n) is 2.45. The fraction of sp³-hybridized carbons (Fsp3) is 0.150. The summed E-state index contributed by atoms with van der Waals surface area (Å²) in [6, 6.07) is 17.5. The number of amides is 1. The maximum absolute atomic E-state index is 12.4. The summed E-state index contributed by atoms with van der Waals surface area (Å²) in [5, 5.41) is 3.32. The first-order chi connectivity index (χ1) is 13.0. The van der Waals surface area contributed by atoms with E-state index in [-0.39, 0.29) is 17.4 Å². The van der Waals surface area contributed by atoms with Gasteiger partial charge in [-0.15, -0.1) is 0 Å². The number of carbonyl (C=O) groups excluding carboxylic acids is 1. The first kappa shape index (κ1) is 19.2. The van der Waals surface area contributed by atoms with Gasteiger partial charge in [0.05, 0.1) is 23.7 Å². The van der Waals surface area contributed by atoms with Gasteiger partial charge in [-0.05, 0) is 48.0 Å². The van der Waals surface area contributed by atoms with E-state index in [1.54, 1.807) is 43.5 Å². The van der Waals surface area contributed by atoms with Crippen molar-refractivity contribution >= 4 is 28.3 Å². The minimum absolute atomic E-state index is 0.170. The highest BCUT2D eigenvalue weighted by atomic mass is 35.5. The van der Waals surface area contributed by atoms with Crippen LogP contribution in [0.25, 0.3) is 0 Å². The summed E-state index contributed by atoms with van der Waals surface area (Å²) in [5.41, 5.74) is 0.913. The van der Waals surface area contributed by atoms with Gasteiger partial charge in [-0.2, -0.15) is 0 Å². The summed E-state index contributed by atoms with van der Waals surface area (Å²) in [6.45, 7) is 0.348. The topological polar surface area (TPSA) is 68.5 Å². The van der Waals surface area contributed by atoms with Gasteiger partial charge in [-0.25, -0.2) is 0 Å². The van der Waals surface area contributed by atoms with Crippen molar-refractivity contribution in [2.75, 3.05) is 7.11 Å². The fourth-order valence-corrected chi connectivity index (χ4v) is 3.77. The van der Waals surface area contributed by atoms with Crippen molar-refractivity contribution < 1.29 is 18.2 Å². The zero-order valence-corrected chi connectivity index (χ0v) is 16.2. The van der Waals surface area contributed by atoms with E-state index in [2.05, 4.69) is 5.32 Å². The summed E-state index contributed by atoms with van der Waals surface area (Å²) in [5.74, 6) is 1.21. The largest absolute Gasteiger partial charge is 0.497 e. The lowest BCUT2D eigenvalue weighted by atomic mass is 10.2. The van der Waals surface area contributed by atoms with Crippen LogP contribution < -0.4 is 10.1 Å². The van der Waals surface area contributed by atoms with Gasteiger partial charge in [0.2, 0.25) is 0 Å². The number of hydrogen-bond donors (Lipinski definition) is 1. The average molecular weight is 404 g/mol. The van der Waals surface area contributed by atoms with Gasteiger partial charge in [-0.1, -0.05) is 29.8 Å². The molecule has 27 heavy (non-hydrogen) atoms. The van der Waals surface area contributed by atoms with Crippen LogP contribution in [-0.2, 0) is 23.1 Å². The molecule has 0 bridgehead atoms. The van der Waals surface area contributed by atoms with E-state index in [1.165, 1.54) is 0 Å².